The zero-order valence-electron chi connectivity index (χ0n) is 19.3. The van der Waals surface area contributed by atoms with Crippen molar-refractivity contribution in [2.45, 2.75) is 25.3 Å². The predicted octanol–water partition coefficient (Wildman–Crippen LogP) is -0.0467. The number of benzene rings is 1. The second-order valence-corrected chi connectivity index (χ2v) is 8.88. The van der Waals surface area contributed by atoms with Crippen LogP contribution in [0.4, 0.5) is 4.79 Å². The Hall–Kier alpha value is -2.82. The van der Waals surface area contributed by atoms with E-state index in [0.717, 1.165) is 25.2 Å². The van der Waals surface area contributed by atoms with Gasteiger partial charge in [0.05, 0.1) is 41.6 Å². The van der Waals surface area contributed by atoms with Crippen molar-refractivity contribution in [2.24, 2.45) is 0 Å². The van der Waals surface area contributed by atoms with Crippen molar-refractivity contribution in [3.8, 4) is 0 Å². The van der Waals surface area contributed by atoms with E-state index in [1.165, 1.54) is 20.0 Å². The van der Waals surface area contributed by atoms with Crippen LogP contribution in [0.1, 0.15) is 18.4 Å². The van der Waals surface area contributed by atoms with Crippen LogP contribution in [0.15, 0.2) is 30.4 Å². The van der Waals surface area contributed by atoms with E-state index in [4.69, 9.17) is 27.9 Å². The van der Waals surface area contributed by atoms with Gasteiger partial charge in [-0.15, -0.1) is 0 Å². The molecule has 1 unspecified atom stereocenters. The molecule has 0 saturated carbocycles. The molecule has 0 aromatic heterocycles. The number of carbonyl (C=O) groups is 4. The van der Waals surface area contributed by atoms with E-state index in [1.54, 1.807) is 17.0 Å². The first-order valence-corrected chi connectivity index (χ1v) is 11.7. The topological polar surface area (TPSA) is 133 Å². The summed E-state index contributed by atoms with van der Waals surface area (Å²) in [5.74, 6) is -3.05. The summed E-state index contributed by atoms with van der Waals surface area (Å²) in [6.07, 6.45) is 3.07. The summed E-state index contributed by atoms with van der Waals surface area (Å²) in [5, 5.41) is 19.8. The molecule has 2 heterocycles. The molecule has 2 aliphatic heterocycles. The lowest BCUT2D eigenvalue weighted by molar-refractivity contribution is -0.301. The molecule has 192 valence electrons. The fourth-order valence-corrected chi connectivity index (χ4v) is 4.28. The van der Waals surface area contributed by atoms with Crippen molar-refractivity contribution < 1.29 is 34.1 Å². The van der Waals surface area contributed by atoms with Gasteiger partial charge in [0, 0.05) is 26.2 Å². The number of rotatable bonds is 6. The van der Waals surface area contributed by atoms with Crippen molar-refractivity contribution in [1.82, 2.24) is 14.7 Å². The zero-order valence-corrected chi connectivity index (χ0v) is 20.8. The van der Waals surface area contributed by atoms with E-state index in [0.29, 0.717) is 41.8 Å². The molecule has 0 radical (unpaired) electrons. The molecule has 2 saturated heterocycles. The third kappa shape index (κ3) is 9.39. The second-order valence-electron chi connectivity index (χ2n) is 8.06. The Morgan fingerprint density at radius 1 is 1.00 bits per heavy atom. The van der Waals surface area contributed by atoms with E-state index in [1.807, 2.05) is 11.0 Å². The average molecular weight is 528 g/mol. The summed E-state index contributed by atoms with van der Waals surface area (Å²) in [6, 6.07) is 5.24. The van der Waals surface area contributed by atoms with Crippen molar-refractivity contribution in [2.75, 3.05) is 46.4 Å². The summed E-state index contributed by atoms with van der Waals surface area (Å²) in [6.45, 7) is 4.36. The molecule has 1 aromatic carbocycles. The lowest BCUT2D eigenvalue weighted by Crippen LogP contribution is -2.59. The van der Waals surface area contributed by atoms with E-state index < -0.39 is 11.9 Å². The number of piperazine rings is 1. The molecular weight excluding hydrogens is 501 g/mol. The molecule has 12 heteroatoms. The fraction of sp³-hybridized carbons (Fsp3) is 0.478. The van der Waals surface area contributed by atoms with Crippen molar-refractivity contribution in [3.05, 3.63) is 46.0 Å². The predicted molar refractivity (Wildman–Crippen MR) is 124 cm³/mol. The quantitative estimate of drug-likeness (QED) is 0.470. The second kappa shape index (κ2) is 13.9. The van der Waals surface area contributed by atoms with Crippen molar-refractivity contribution in [3.63, 3.8) is 0 Å². The third-order valence-corrected chi connectivity index (χ3v) is 6.34. The molecular formula is C23H27Cl2N3O7-2. The Morgan fingerprint density at radius 3 is 2.17 bits per heavy atom. The molecule has 10 nitrogen and oxygen atoms in total. The normalized spacial score (nSPS) is 18.2. The maximum Gasteiger partial charge on any atom is 0.409 e. The van der Waals surface area contributed by atoms with Crippen LogP contribution in [-0.2, 0) is 25.5 Å². The Labute approximate surface area is 213 Å². The highest BCUT2D eigenvalue weighted by atomic mass is 35.5. The van der Waals surface area contributed by atoms with Gasteiger partial charge in [0.1, 0.15) is 0 Å². The molecule has 2 aliphatic rings. The van der Waals surface area contributed by atoms with Crippen LogP contribution in [-0.4, -0.2) is 91.1 Å². The molecule has 2 fully saturated rings. The highest BCUT2D eigenvalue weighted by molar-refractivity contribution is 6.42. The van der Waals surface area contributed by atoms with Gasteiger partial charge in [-0.2, -0.15) is 0 Å². The molecule has 0 aliphatic carbocycles. The Kier molecular flexibility index (Phi) is 11.3. The maximum atomic E-state index is 13.0. The summed E-state index contributed by atoms with van der Waals surface area (Å²) < 4.78 is 4.87. The van der Waals surface area contributed by atoms with Gasteiger partial charge in [0.25, 0.3) is 0 Å². The number of carbonyl (C=O) groups excluding carboxylic acids is 4. The molecule has 3 rings (SSSR count). The van der Waals surface area contributed by atoms with Gasteiger partial charge in [-0.25, -0.2) is 4.79 Å². The lowest BCUT2D eigenvalue weighted by Gasteiger charge is -2.42. The SMILES string of the molecule is COC(=O)N1CCN(C(=O)Cc2ccc(Cl)c(Cl)c2)C(CN2CCCC2)C1.O=C([O-])/C=C/C(=O)[O-]. The first-order chi connectivity index (χ1) is 16.6. The summed E-state index contributed by atoms with van der Waals surface area (Å²) >= 11 is 12.0. The van der Waals surface area contributed by atoms with Crippen molar-refractivity contribution in [1.29, 1.82) is 0 Å². The number of hydrogen-bond acceptors (Lipinski definition) is 8. The Balaban J connectivity index is 0.000000466. The van der Waals surface area contributed by atoms with Gasteiger partial charge in [0.2, 0.25) is 5.91 Å². The van der Waals surface area contributed by atoms with Gasteiger partial charge >= 0.3 is 6.09 Å². The van der Waals surface area contributed by atoms with Crippen LogP contribution in [0.2, 0.25) is 10.0 Å². The first kappa shape index (κ1) is 28.4. The Morgan fingerprint density at radius 2 is 1.63 bits per heavy atom. The average Bonchev–Trinajstić information content (AvgIpc) is 3.33. The van der Waals surface area contributed by atoms with Gasteiger partial charge in [0.15, 0.2) is 0 Å². The van der Waals surface area contributed by atoms with Crippen LogP contribution in [0.25, 0.3) is 0 Å². The van der Waals surface area contributed by atoms with Crippen LogP contribution < -0.4 is 10.2 Å². The maximum absolute atomic E-state index is 13.0. The van der Waals surface area contributed by atoms with E-state index in [9.17, 15) is 29.4 Å². The van der Waals surface area contributed by atoms with Gasteiger partial charge in [-0.3, -0.25) is 4.79 Å². The molecule has 35 heavy (non-hydrogen) atoms. The minimum atomic E-state index is -1.55. The molecule has 2 amide bonds. The lowest BCUT2D eigenvalue weighted by atomic mass is 10.1. The highest BCUT2D eigenvalue weighted by Gasteiger charge is 2.34. The highest BCUT2D eigenvalue weighted by Crippen LogP contribution is 2.24. The summed E-state index contributed by atoms with van der Waals surface area (Å²) in [5.41, 5.74) is 0.838. The number of ether oxygens (including phenoxy) is 1. The monoisotopic (exact) mass is 527 g/mol. The molecule has 0 N–H and O–H groups in total. The number of hydrogen-bond donors (Lipinski definition) is 0. The van der Waals surface area contributed by atoms with Gasteiger partial charge in [-0.05, 0) is 55.8 Å². The molecule has 0 bridgehead atoms. The number of halogens is 2. The third-order valence-electron chi connectivity index (χ3n) is 5.60. The Bertz CT molecular complexity index is 935. The largest absolute Gasteiger partial charge is 0.545 e. The van der Waals surface area contributed by atoms with Crippen LogP contribution >= 0.6 is 23.2 Å². The molecule has 0 spiro atoms. The smallest absolute Gasteiger partial charge is 0.409 e. The number of aliphatic carboxylic acids is 2. The fourth-order valence-electron chi connectivity index (χ4n) is 3.96. The molecule has 1 aromatic rings. The number of carboxylic acid groups (broad SMARTS) is 2. The van der Waals surface area contributed by atoms with Crippen LogP contribution in [0, 0.1) is 0 Å². The number of likely N-dealkylation sites (tertiary alicyclic amines) is 1. The van der Waals surface area contributed by atoms with E-state index in [-0.39, 0.29) is 24.5 Å². The van der Waals surface area contributed by atoms with Crippen LogP contribution in [0.5, 0.6) is 0 Å². The van der Waals surface area contributed by atoms with Gasteiger partial charge < -0.3 is 39.2 Å². The molecule has 1 atom stereocenters. The number of nitrogens with zero attached hydrogens (tertiary/aromatic N) is 3. The minimum absolute atomic E-state index is 0.0359. The summed E-state index contributed by atoms with van der Waals surface area (Å²) in [7, 11) is 1.39. The van der Waals surface area contributed by atoms with Crippen molar-refractivity contribution >= 4 is 47.1 Å². The van der Waals surface area contributed by atoms with E-state index in [2.05, 4.69) is 4.90 Å². The summed E-state index contributed by atoms with van der Waals surface area (Å²) in [4.78, 5) is 49.7. The standard InChI is InChI=1S/C19H25Cl2N3O3.C4H4O4/c1-27-19(26)23-8-9-24(15(13-23)12-22-6-2-3-7-22)18(25)11-14-4-5-16(20)17(21)10-14;5-3(6)1-2-4(7)8/h4-5,10,15H,2-3,6-9,11-13H2,1H3;1-2H,(H,5,6)(H,7,8)/p-2/b;2-1+. The first-order valence-electron chi connectivity index (χ1n) is 11.0. The number of carboxylic acids is 2. The van der Waals surface area contributed by atoms with Gasteiger partial charge in [-0.1, -0.05) is 29.3 Å². The number of methoxy groups -OCH3 is 1. The number of amides is 2. The zero-order chi connectivity index (χ0) is 26.0. The van der Waals surface area contributed by atoms with E-state index >= 15 is 0 Å². The van der Waals surface area contributed by atoms with Crippen LogP contribution in [0.3, 0.4) is 0 Å². The minimum Gasteiger partial charge on any atom is -0.545 e.